The molecule has 0 radical (unpaired) electrons. The summed E-state index contributed by atoms with van der Waals surface area (Å²) >= 11 is 0. The van der Waals surface area contributed by atoms with Crippen LogP contribution in [0.3, 0.4) is 0 Å². The van der Waals surface area contributed by atoms with Crippen molar-refractivity contribution in [3.05, 3.63) is 18.0 Å². The fraction of sp³-hybridized carbons (Fsp3) is 0.762. The number of amides is 1. The van der Waals surface area contributed by atoms with E-state index in [9.17, 15) is 13.2 Å². The monoisotopic (exact) mass is 438 g/mol. The number of hydrogen-bond donors (Lipinski definition) is 1. The molecule has 8 nitrogen and oxygen atoms in total. The molecule has 1 atom stereocenters. The van der Waals surface area contributed by atoms with E-state index >= 15 is 0 Å². The van der Waals surface area contributed by atoms with Crippen molar-refractivity contribution >= 4 is 15.9 Å². The van der Waals surface area contributed by atoms with Crippen molar-refractivity contribution in [1.82, 2.24) is 19.1 Å². The molecule has 1 aromatic heterocycles. The lowest BCUT2D eigenvalue weighted by Crippen LogP contribution is -2.45. The third kappa shape index (κ3) is 4.90. The highest BCUT2D eigenvalue weighted by atomic mass is 32.2. The summed E-state index contributed by atoms with van der Waals surface area (Å²) in [6, 6.07) is 1.49. The van der Waals surface area contributed by atoms with Gasteiger partial charge in [-0.2, -0.15) is 4.31 Å². The maximum Gasteiger partial charge on any atom is 0.270 e. The van der Waals surface area contributed by atoms with Gasteiger partial charge in [0, 0.05) is 38.9 Å². The number of H-pyrrole nitrogens is 1. The van der Waals surface area contributed by atoms with Gasteiger partial charge in [0.25, 0.3) is 5.91 Å². The van der Waals surface area contributed by atoms with Gasteiger partial charge >= 0.3 is 0 Å². The van der Waals surface area contributed by atoms with Crippen LogP contribution >= 0.6 is 0 Å². The highest BCUT2D eigenvalue weighted by Crippen LogP contribution is 2.24. The molecule has 0 saturated carbocycles. The minimum atomic E-state index is -3.60. The van der Waals surface area contributed by atoms with Crippen LogP contribution in [0, 0.1) is 11.8 Å². The molecule has 0 aliphatic carbocycles. The van der Waals surface area contributed by atoms with E-state index in [0.29, 0.717) is 37.9 Å². The van der Waals surface area contributed by atoms with E-state index in [0.717, 1.165) is 51.5 Å². The van der Waals surface area contributed by atoms with Crippen molar-refractivity contribution < 1.29 is 17.9 Å². The first-order chi connectivity index (χ1) is 14.4. The van der Waals surface area contributed by atoms with Crippen LogP contribution in [0.15, 0.2) is 17.2 Å². The second-order valence-electron chi connectivity index (χ2n) is 9.01. The number of carbonyl (C=O) groups excluding carboxylic acids is 1. The molecule has 1 N–H and O–H groups in total. The normalized spacial score (nSPS) is 25.5. The third-order valence-corrected chi connectivity index (χ3v) is 8.57. The maximum atomic E-state index is 13.0. The molecule has 3 aliphatic heterocycles. The summed E-state index contributed by atoms with van der Waals surface area (Å²) in [5, 5.41) is 0. The number of likely N-dealkylation sites (tertiary alicyclic amines) is 2. The van der Waals surface area contributed by atoms with Gasteiger partial charge in [0.1, 0.15) is 10.6 Å². The quantitative estimate of drug-likeness (QED) is 0.755. The van der Waals surface area contributed by atoms with Crippen molar-refractivity contribution in [2.45, 2.75) is 37.5 Å². The van der Waals surface area contributed by atoms with Crippen molar-refractivity contribution in [3.63, 3.8) is 0 Å². The zero-order chi connectivity index (χ0) is 21.1. The molecule has 4 heterocycles. The molecule has 3 saturated heterocycles. The molecule has 168 valence electrons. The SMILES string of the molecule is CC1CCN(CC2CCCN(C(=O)c3cc(S(=O)(=O)N4CCOCC4)c[nH]3)C2)CC1. The van der Waals surface area contributed by atoms with Crippen LogP contribution < -0.4 is 0 Å². The van der Waals surface area contributed by atoms with E-state index < -0.39 is 10.0 Å². The number of carbonyl (C=O) groups is 1. The summed E-state index contributed by atoms with van der Waals surface area (Å²) in [4.78, 5) is 20.5. The van der Waals surface area contributed by atoms with E-state index in [4.69, 9.17) is 4.74 Å². The Morgan fingerprint density at radius 1 is 1.13 bits per heavy atom. The van der Waals surface area contributed by atoms with Crippen LogP contribution in [0.5, 0.6) is 0 Å². The number of hydrogen-bond acceptors (Lipinski definition) is 5. The Hall–Kier alpha value is -1.42. The standard InChI is InChI=1S/C21H34N4O4S/c1-17-4-7-23(8-5-17)15-18-3-2-6-24(16-18)21(26)20-13-19(14-22-20)30(27,28)25-9-11-29-12-10-25/h13-14,17-18,22H,2-12,15-16H2,1H3. The first kappa shape index (κ1) is 21.8. The zero-order valence-corrected chi connectivity index (χ0v) is 18.7. The first-order valence-corrected chi connectivity index (χ1v) is 12.7. The number of morpholine rings is 1. The third-order valence-electron chi connectivity index (χ3n) is 6.69. The molecule has 4 rings (SSSR count). The molecule has 1 aromatic rings. The fourth-order valence-corrected chi connectivity index (χ4v) is 6.16. The summed E-state index contributed by atoms with van der Waals surface area (Å²) in [5.74, 6) is 1.21. The van der Waals surface area contributed by atoms with Gasteiger partial charge in [-0.1, -0.05) is 6.92 Å². The van der Waals surface area contributed by atoms with E-state index in [1.165, 1.54) is 29.4 Å². The summed E-state index contributed by atoms with van der Waals surface area (Å²) in [6.07, 6.45) is 6.11. The number of sulfonamides is 1. The Bertz CT molecular complexity index is 826. The Kier molecular flexibility index (Phi) is 6.81. The number of rotatable bonds is 5. The van der Waals surface area contributed by atoms with Gasteiger partial charge in [0.15, 0.2) is 0 Å². The smallest absolute Gasteiger partial charge is 0.270 e. The highest BCUT2D eigenvalue weighted by Gasteiger charge is 2.31. The number of nitrogens with one attached hydrogen (secondary N) is 1. The minimum absolute atomic E-state index is 0.101. The molecule has 0 aromatic carbocycles. The van der Waals surface area contributed by atoms with Crippen LogP contribution in [0.4, 0.5) is 0 Å². The van der Waals surface area contributed by atoms with Crippen LogP contribution in [-0.4, -0.2) is 92.4 Å². The van der Waals surface area contributed by atoms with Gasteiger partial charge in [0.05, 0.1) is 13.2 Å². The van der Waals surface area contributed by atoms with Gasteiger partial charge in [-0.15, -0.1) is 0 Å². The van der Waals surface area contributed by atoms with Crippen LogP contribution in [0.25, 0.3) is 0 Å². The molecular formula is C21H34N4O4S. The van der Waals surface area contributed by atoms with Gasteiger partial charge < -0.3 is 19.5 Å². The summed E-state index contributed by atoms with van der Waals surface area (Å²) in [6.45, 7) is 8.67. The number of nitrogens with zero attached hydrogens (tertiary/aromatic N) is 3. The molecule has 1 unspecified atom stereocenters. The lowest BCUT2D eigenvalue weighted by Gasteiger charge is -2.37. The average molecular weight is 439 g/mol. The topological polar surface area (TPSA) is 86.0 Å². The Morgan fingerprint density at radius 3 is 2.60 bits per heavy atom. The largest absolute Gasteiger partial charge is 0.379 e. The van der Waals surface area contributed by atoms with Crippen LogP contribution in [-0.2, 0) is 14.8 Å². The highest BCUT2D eigenvalue weighted by molar-refractivity contribution is 7.89. The Labute approximate surface area is 179 Å². The van der Waals surface area contributed by atoms with Gasteiger partial charge in [-0.25, -0.2) is 8.42 Å². The molecule has 3 aliphatic rings. The number of piperidine rings is 2. The molecule has 30 heavy (non-hydrogen) atoms. The fourth-order valence-electron chi connectivity index (χ4n) is 4.76. The molecule has 3 fully saturated rings. The molecule has 0 bridgehead atoms. The number of ether oxygens (including phenoxy) is 1. The summed E-state index contributed by atoms with van der Waals surface area (Å²) in [7, 11) is -3.60. The van der Waals surface area contributed by atoms with Gasteiger partial charge in [-0.3, -0.25) is 4.79 Å². The second kappa shape index (κ2) is 9.38. The lowest BCUT2D eigenvalue weighted by atomic mass is 9.94. The zero-order valence-electron chi connectivity index (χ0n) is 17.9. The second-order valence-corrected chi connectivity index (χ2v) is 10.9. The van der Waals surface area contributed by atoms with Crippen molar-refractivity contribution in [3.8, 4) is 0 Å². The molecular weight excluding hydrogens is 404 g/mol. The lowest BCUT2D eigenvalue weighted by molar-refractivity contribution is 0.0617. The molecule has 1 amide bonds. The summed E-state index contributed by atoms with van der Waals surface area (Å²) in [5.41, 5.74) is 0.356. The number of aromatic nitrogens is 1. The Morgan fingerprint density at radius 2 is 1.87 bits per heavy atom. The van der Waals surface area contributed by atoms with E-state index in [2.05, 4.69) is 16.8 Å². The van der Waals surface area contributed by atoms with Crippen molar-refractivity contribution in [2.75, 3.05) is 59.0 Å². The van der Waals surface area contributed by atoms with Gasteiger partial charge in [0.2, 0.25) is 10.0 Å². The predicted octanol–water partition coefficient (Wildman–Crippen LogP) is 1.62. The van der Waals surface area contributed by atoms with E-state index in [1.54, 1.807) is 0 Å². The predicted molar refractivity (Wildman–Crippen MR) is 114 cm³/mol. The van der Waals surface area contributed by atoms with Crippen molar-refractivity contribution in [1.29, 1.82) is 0 Å². The first-order valence-electron chi connectivity index (χ1n) is 11.2. The Balaban J connectivity index is 1.37. The maximum absolute atomic E-state index is 13.0. The van der Waals surface area contributed by atoms with Crippen LogP contribution in [0.1, 0.15) is 43.1 Å². The van der Waals surface area contributed by atoms with Crippen LogP contribution in [0.2, 0.25) is 0 Å². The van der Waals surface area contributed by atoms with Gasteiger partial charge in [-0.05, 0) is 56.7 Å². The summed E-state index contributed by atoms with van der Waals surface area (Å²) < 4.78 is 32.3. The van der Waals surface area contributed by atoms with E-state index in [1.807, 2.05) is 4.90 Å². The average Bonchev–Trinajstić information content (AvgIpc) is 3.27. The minimum Gasteiger partial charge on any atom is -0.379 e. The van der Waals surface area contributed by atoms with E-state index in [-0.39, 0.29) is 10.8 Å². The van der Waals surface area contributed by atoms with Crippen molar-refractivity contribution in [2.24, 2.45) is 11.8 Å². The number of aromatic amines is 1. The molecule has 9 heteroatoms. The molecule has 0 spiro atoms.